The number of rotatable bonds is 9. The molecule has 0 saturated carbocycles. The van der Waals surface area contributed by atoms with Crippen LogP contribution in [-0.2, 0) is 11.4 Å². The van der Waals surface area contributed by atoms with Crippen LogP contribution < -0.4 is 24.4 Å². The van der Waals surface area contributed by atoms with Gasteiger partial charge in [-0.15, -0.1) is 0 Å². The number of methoxy groups -OCH3 is 1. The number of ether oxygens (including phenoxy) is 2. The summed E-state index contributed by atoms with van der Waals surface area (Å²) < 4.78 is 13.7. The van der Waals surface area contributed by atoms with Crippen LogP contribution in [0.15, 0.2) is 93.9 Å². The van der Waals surface area contributed by atoms with E-state index >= 15 is 0 Å². The van der Waals surface area contributed by atoms with E-state index in [9.17, 15) is 9.59 Å². The van der Waals surface area contributed by atoms with Gasteiger partial charge in [0.15, 0.2) is 4.80 Å². The number of carbonyl (C=O) groups is 1. The molecule has 0 aliphatic carbocycles. The zero-order chi connectivity index (χ0) is 29.8. The van der Waals surface area contributed by atoms with Gasteiger partial charge in [0.25, 0.3) is 11.5 Å². The smallest absolute Gasteiger partial charge is 0.271 e. The van der Waals surface area contributed by atoms with Crippen molar-refractivity contribution in [3.05, 3.63) is 125 Å². The molecule has 4 aromatic rings. The number of carbonyl (C=O) groups excluding carboxylic acids is 1. The zero-order valence-corrected chi connectivity index (χ0v) is 25.5. The van der Waals surface area contributed by atoms with Gasteiger partial charge in [0.2, 0.25) is 0 Å². The van der Waals surface area contributed by atoms with Gasteiger partial charge in [0.05, 0.1) is 22.9 Å². The van der Waals surface area contributed by atoms with E-state index in [1.807, 2.05) is 99.6 Å². The summed E-state index contributed by atoms with van der Waals surface area (Å²) in [6.45, 7) is 7.24. The molecule has 1 atom stereocenters. The number of fused-ring (bicyclic) bond motifs is 1. The van der Waals surface area contributed by atoms with Crippen LogP contribution in [0.4, 0.5) is 0 Å². The number of aromatic nitrogens is 1. The molecule has 0 spiro atoms. The molecule has 2 heterocycles. The zero-order valence-electron chi connectivity index (χ0n) is 24.0. The highest BCUT2D eigenvalue weighted by Gasteiger charge is 2.35. The molecule has 7 nitrogen and oxygen atoms in total. The van der Waals surface area contributed by atoms with Crippen LogP contribution >= 0.6 is 22.9 Å². The predicted molar refractivity (Wildman–Crippen MR) is 167 cm³/mol. The van der Waals surface area contributed by atoms with Crippen molar-refractivity contribution in [2.45, 2.75) is 33.4 Å². The highest BCUT2D eigenvalue weighted by Crippen LogP contribution is 2.36. The SMILES string of the molecule is CCN(CC)C(=O)C1=C(C)N=c2s/c(=C/c3ccc(OCc4ccc(Cl)cc4)cc3)c(=O)n2[C@@H]1c1ccccc1OC. The summed E-state index contributed by atoms with van der Waals surface area (Å²) in [5.74, 6) is 1.18. The number of hydrogen-bond acceptors (Lipinski definition) is 6. The number of amides is 1. The fraction of sp³-hybridized carbons (Fsp3) is 0.242. The number of nitrogens with zero attached hydrogens (tertiary/aromatic N) is 3. The van der Waals surface area contributed by atoms with Gasteiger partial charge in [-0.05, 0) is 68.3 Å². The van der Waals surface area contributed by atoms with Crippen LogP contribution in [-0.4, -0.2) is 35.6 Å². The van der Waals surface area contributed by atoms with E-state index < -0.39 is 6.04 Å². The summed E-state index contributed by atoms with van der Waals surface area (Å²) in [6.07, 6.45) is 1.84. The largest absolute Gasteiger partial charge is 0.496 e. The van der Waals surface area contributed by atoms with Crippen LogP contribution in [0.3, 0.4) is 0 Å². The van der Waals surface area contributed by atoms with Crippen LogP contribution in [0.2, 0.25) is 5.02 Å². The Bertz CT molecular complexity index is 1800. The molecule has 0 saturated heterocycles. The lowest BCUT2D eigenvalue weighted by Crippen LogP contribution is -2.43. The van der Waals surface area contributed by atoms with Crippen LogP contribution in [0, 0.1) is 0 Å². The first-order valence-corrected chi connectivity index (χ1v) is 15.0. The van der Waals surface area contributed by atoms with Crippen LogP contribution in [0.5, 0.6) is 11.5 Å². The maximum atomic E-state index is 14.0. The Morgan fingerprint density at radius 1 is 1.05 bits per heavy atom. The Hall–Kier alpha value is -4.14. The number of hydrogen-bond donors (Lipinski definition) is 0. The molecule has 5 rings (SSSR count). The Balaban J connectivity index is 1.53. The second-order valence-corrected chi connectivity index (χ2v) is 11.2. The minimum atomic E-state index is -0.670. The third-order valence-electron chi connectivity index (χ3n) is 7.23. The van der Waals surface area contributed by atoms with Gasteiger partial charge in [-0.2, -0.15) is 0 Å². The van der Waals surface area contributed by atoms with Gasteiger partial charge in [-0.25, -0.2) is 4.99 Å². The summed E-state index contributed by atoms with van der Waals surface area (Å²) in [6, 6.07) is 21.9. The highest BCUT2D eigenvalue weighted by atomic mass is 35.5. The second kappa shape index (κ2) is 12.8. The quantitative estimate of drug-likeness (QED) is 0.259. The van der Waals surface area contributed by atoms with Crippen molar-refractivity contribution in [1.29, 1.82) is 0 Å². The van der Waals surface area contributed by atoms with Crippen molar-refractivity contribution in [1.82, 2.24) is 9.47 Å². The summed E-state index contributed by atoms with van der Waals surface area (Å²) in [7, 11) is 1.59. The Labute approximate surface area is 253 Å². The number of halogens is 1. The van der Waals surface area contributed by atoms with Crippen molar-refractivity contribution < 1.29 is 14.3 Å². The second-order valence-electron chi connectivity index (χ2n) is 9.79. The molecular weight excluding hydrogens is 570 g/mol. The summed E-state index contributed by atoms with van der Waals surface area (Å²) in [5.41, 5.74) is 3.46. The number of benzene rings is 3. The number of thiazole rings is 1. The van der Waals surface area contributed by atoms with E-state index in [1.54, 1.807) is 16.6 Å². The van der Waals surface area contributed by atoms with E-state index in [2.05, 4.69) is 0 Å². The third kappa shape index (κ3) is 5.91. The van der Waals surface area contributed by atoms with Gasteiger partial charge in [-0.3, -0.25) is 14.2 Å². The molecule has 1 aliphatic heterocycles. The normalized spacial score (nSPS) is 14.8. The maximum absolute atomic E-state index is 14.0. The van der Waals surface area contributed by atoms with E-state index in [-0.39, 0.29) is 11.5 Å². The first-order chi connectivity index (χ1) is 20.3. The maximum Gasteiger partial charge on any atom is 0.271 e. The van der Waals surface area contributed by atoms with Gasteiger partial charge in [-0.1, -0.05) is 65.4 Å². The predicted octanol–water partition coefficient (Wildman–Crippen LogP) is 5.34. The van der Waals surface area contributed by atoms with E-state index in [4.69, 9.17) is 26.1 Å². The van der Waals surface area contributed by atoms with Gasteiger partial charge < -0.3 is 14.4 Å². The average Bonchev–Trinajstić information content (AvgIpc) is 3.31. The number of allylic oxidation sites excluding steroid dienone is 1. The van der Waals surface area contributed by atoms with Crippen molar-refractivity contribution in [2.24, 2.45) is 4.99 Å². The molecule has 9 heteroatoms. The third-order valence-corrected chi connectivity index (χ3v) is 8.47. The summed E-state index contributed by atoms with van der Waals surface area (Å²) >= 11 is 7.27. The molecule has 0 fully saturated rings. The van der Waals surface area contributed by atoms with Crippen molar-refractivity contribution in [3.63, 3.8) is 0 Å². The molecule has 1 aliphatic rings. The fourth-order valence-corrected chi connectivity index (χ4v) is 6.19. The van der Waals surface area contributed by atoms with E-state index in [0.717, 1.165) is 22.4 Å². The lowest BCUT2D eigenvalue weighted by Gasteiger charge is -2.29. The Morgan fingerprint density at radius 2 is 1.74 bits per heavy atom. The first-order valence-electron chi connectivity index (χ1n) is 13.8. The Morgan fingerprint density at radius 3 is 2.40 bits per heavy atom. The number of likely N-dealkylation sites (N-methyl/N-ethyl adjacent to an activating group) is 1. The summed E-state index contributed by atoms with van der Waals surface area (Å²) in [4.78, 5) is 34.8. The van der Waals surface area contributed by atoms with E-state index in [1.165, 1.54) is 11.3 Å². The van der Waals surface area contributed by atoms with Gasteiger partial charge >= 0.3 is 0 Å². The topological polar surface area (TPSA) is 73.1 Å². The number of para-hydroxylation sites is 1. The standard InChI is InChI=1S/C33H32ClN3O4S/c1-5-36(6-2)32(39)29-21(3)35-33-37(30(29)26-9-7-8-10-27(26)40-4)31(38)28(42-33)19-22-13-17-25(18-14-22)41-20-23-11-15-24(34)16-12-23/h7-19,30H,5-6,20H2,1-4H3/b28-19+/t30-/m1/s1. The van der Waals surface area contributed by atoms with E-state index in [0.29, 0.717) is 51.1 Å². The fourth-order valence-electron chi connectivity index (χ4n) is 5.02. The molecule has 1 amide bonds. The molecule has 3 aromatic carbocycles. The minimum Gasteiger partial charge on any atom is -0.496 e. The first kappa shape index (κ1) is 29.4. The van der Waals surface area contributed by atoms with Crippen LogP contribution in [0.25, 0.3) is 6.08 Å². The average molecular weight is 602 g/mol. The minimum absolute atomic E-state index is 0.138. The molecule has 216 valence electrons. The van der Waals surface area contributed by atoms with Crippen molar-refractivity contribution in [2.75, 3.05) is 20.2 Å². The molecular formula is C33H32ClN3O4S. The molecule has 0 radical (unpaired) electrons. The van der Waals surface area contributed by atoms with Crippen molar-refractivity contribution in [3.8, 4) is 11.5 Å². The highest BCUT2D eigenvalue weighted by molar-refractivity contribution is 7.07. The molecule has 1 aromatic heterocycles. The lowest BCUT2D eigenvalue weighted by atomic mass is 9.94. The molecule has 0 N–H and O–H groups in total. The molecule has 0 unspecified atom stereocenters. The van der Waals surface area contributed by atoms with Gasteiger partial charge in [0.1, 0.15) is 24.1 Å². The summed E-state index contributed by atoms with van der Waals surface area (Å²) in [5, 5.41) is 0.685. The molecule has 0 bridgehead atoms. The van der Waals surface area contributed by atoms with Gasteiger partial charge in [0, 0.05) is 23.7 Å². The lowest BCUT2D eigenvalue weighted by molar-refractivity contribution is -0.127. The molecule has 42 heavy (non-hydrogen) atoms. The Kier molecular flexibility index (Phi) is 8.94. The monoisotopic (exact) mass is 601 g/mol. The van der Waals surface area contributed by atoms with Crippen molar-refractivity contribution >= 4 is 34.9 Å². The van der Waals surface area contributed by atoms with Crippen LogP contribution in [0.1, 0.15) is 43.5 Å².